The summed E-state index contributed by atoms with van der Waals surface area (Å²) in [7, 11) is 0. The molecule has 0 amide bonds. The van der Waals surface area contributed by atoms with Crippen molar-refractivity contribution in [3.63, 3.8) is 0 Å². The van der Waals surface area contributed by atoms with Crippen LogP contribution in [0.1, 0.15) is 67.2 Å². The van der Waals surface area contributed by atoms with Gasteiger partial charge in [-0.1, -0.05) is 64.5 Å². The van der Waals surface area contributed by atoms with E-state index >= 15 is 0 Å². The predicted molar refractivity (Wildman–Crippen MR) is 99.1 cm³/mol. The Bertz CT molecular complexity index is 616. The van der Waals surface area contributed by atoms with E-state index in [0.29, 0.717) is 16.2 Å². The SMILES string of the molecule is CC1=CC[C@H]2[C@@H]3C=CC4=CC(C)(C)CC[C@]4(C)[C@H]3C[C@@H](C)[C@]12C. The minimum atomic E-state index is 0.381. The Hall–Kier alpha value is -0.780. The molecule has 0 aliphatic heterocycles. The fourth-order valence-corrected chi connectivity index (χ4v) is 6.63. The molecule has 23 heavy (non-hydrogen) atoms. The van der Waals surface area contributed by atoms with Crippen LogP contribution in [0.15, 0.2) is 35.5 Å². The summed E-state index contributed by atoms with van der Waals surface area (Å²) in [4.78, 5) is 0. The maximum atomic E-state index is 2.61. The maximum absolute atomic E-state index is 2.61. The van der Waals surface area contributed by atoms with Crippen molar-refractivity contribution in [1.29, 1.82) is 0 Å². The minimum Gasteiger partial charge on any atom is -0.0847 e. The van der Waals surface area contributed by atoms with Crippen LogP contribution in [0.2, 0.25) is 0 Å². The van der Waals surface area contributed by atoms with Gasteiger partial charge in [0.15, 0.2) is 0 Å². The molecule has 1 saturated carbocycles. The molecule has 6 atom stereocenters. The first-order valence-corrected chi connectivity index (χ1v) is 9.77. The van der Waals surface area contributed by atoms with Crippen molar-refractivity contribution in [2.75, 3.05) is 0 Å². The number of rotatable bonds is 0. The third-order valence-electron chi connectivity index (χ3n) is 8.67. The van der Waals surface area contributed by atoms with Crippen molar-refractivity contribution in [3.8, 4) is 0 Å². The molecule has 0 heterocycles. The zero-order valence-corrected chi connectivity index (χ0v) is 15.9. The van der Waals surface area contributed by atoms with Crippen LogP contribution in [0.4, 0.5) is 0 Å². The molecule has 1 fully saturated rings. The molecule has 0 bridgehead atoms. The molecular formula is C23H34. The fraction of sp³-hybridized carbons (Fsp3) is 0.739. The second kappa shape index (κ2) is 4.64. The summed E-state index contributed by atoms with van der Waals surface area (Å²) in [6, 6.07) is 0. The summed E-state index contributed by atoms with van der Waals surface area (Å²) in [5, 5.41) is 0. The Kier molecular flexibility index (Phi) is 3.18. The summed E-state index contributed by atoms with van der Waals surface area (Å²) in [5.41, 5.74) is 4.55. The number of hydrogen-bond acceptors (Lipinski definition) is 0. The summed E-state index contributed by atoms with van der Waals surface area (Å²) in [5.74, 6) is 3.28. The van der Waals surface area contributed by atoms with Crippen molar-refractivity contribution in [3.05, 3.63) is 35.5 Å². The number of allylic oxidation sites excluding steroid dienone is 6. The molecule has 0 heteroatoms. The summed E-state index contributed by atoms with van der Waals surface area (Å²) in [6.07, 6.45) is 15.7. The molecular weight excluding hydrogens is 276 g/mol. The quantitative estimate of drug-likeness (QED) is 0.445. The van der Waals surface area contributed by atoms with Crippen LogP contribution in [0.5, 0.6) is 0 Å². The molecule has 0 saturated heterocycles. The van der Waals surface area contributed by atoms with Gasteiger partial charge in [-0.2, -0.15) is 0 Å². The fourth-order valence-electron chi connectivity index (χ4n) is 6.63. The van der Waals surface area contributed by atoms with Gasteiger partial charge in [-0.05, 0) is 78.1 Å². The van der Waals surface area contributed by atoms with Crippen molar-refractivity contribution in [2.24, 2.45) is 39.9 Å². The van der Waals surface area contributed by atoms with E-state index < -0.39 is 0 Å². The third-order valence-corrected chi connectivity index (χ3v) is 8.67. The van der Waals surface area contributed by atoms with Gasteiger partial charge in [0.25, 0.3) is 0 Å². The zero-order chi connectivity index (χ0) is 16.6. The normalized spacial score (nSPS) is 50.5. The van der Waals surface area contributed by atoms with E-state index in [1.807, 2.05) is 0 Å². The monoisotopic (exact) mass is 310 g/mol. The van der Waals surface area contributed by atoms with Crippen LogP contribution < -0.4 is 0 Å². The van der Waals surface area contributed by atoms with Crippen LogP contribution in [0, 0.1) is 39.9 Å². The number of hydrogen-bond donors (Lipinski definition) is 0. The van der Waals surface area contributed by atoms with E-state index in [9.17, 15) is 0 Å². The Morgan fingerprint density at radius 1 is 1.04 bits per heavy atom. The highest BCUT2D eigenvalue weighted by Crippen LogP contribution is 2.66. The summed E-state index contributed by atoms with van der Waals surface area (Å²) < 4.78 is 0. The van der Waals surface area contributed by atoms with E-state index in [0.717, 1.165) is 23.7 Å². The molecule has 0 aromatic carbocycles. The lowest BCUT2D eigenvalue weighted by molar-refractivity contribution is -0.0278. The van der Waals surface area contributed by atoms with Gasteiger partial charge >= 0.3 is 0 Å². The van der Waals surface area contributed by atoms with Crippen LogP contribution in [-0.2, 0) is 0 Å². The molecule has 0 nitrogen and oxygen atoms in total. The Labute approximate surface area is 143 Å². The van der Waals surface area contributed by atoms with E-state index in [4.69, 9.17) is 0 Å². The van der Waals surface area contributed by atoms with E-state index in [1.54, 1.807) is 11.1 Å². The lowest BCUT2D eigenvalue weighted by atomic mass is 9.45. The molecule has 0 N–H and O–H groups in total. The lowest BCUT2D eigenvalue weighted by Crippen LogP contribution is -2.51. The highest BCUT2D eigenvalue weighted by molar-refractivity contribution is 5.38. The Morgan fingerprint density at radius 3 is 2.52 bits per heavy atom. The molecule has 0 aromatic heterocycles. The highest BCUT2D eigenvalue weighted by atomic mass is 14.6. The molecule has 0 radical (unpaired) electrons. The first kappa shape index (κ1) is 15.7. The molecule has 0 spiro atoms. The van der Waals surface area contributed by atoms with E-state index in [2.05, 4.69) is 65.8 Å². The van der Waals surface area contributed by atoms with Gasteiger partial charge in [0.1, 0.15) is 0 Å². The van der Waals surface area contributed by atoms with Gasteiger partial charge in [-0.25, -0.2) is 0 Å². The molecule has 126 valence electrons. The smallest absolute Gasteiger partial charge is 0.00440 e. The summed E-state index contributed by atoms with van der Waals surface area (Å²) in [6.45, 7) is 14.9. The van der Waals surface area contributed by atoms with Gasteiger partial charge in [0.2, 0.25) is 0 Å². The third kappa shape index (κ3) is 1.96. The lowest BCUT2D eigenvalue weighted by Gasteiger charge is -2.59. The Balaban J connectivity index is 1.78. The first-order valence-electron chi connectivity index (χ1n) is 9.77. The standard InChI is InChI=1S/C23H34/c1-15-7-10-19-18-9-8-17-14-21(3,4)11-12-22(17,5)20(18)13-16(2)23(15,19)6/h7-9,14,16,18-20H,10-13H2,1-6H3/t16-,18+,19+,20+,22+,23+/m1/s1. The Morgan fingerprint density at radius 2 is 1.78 bits per heavy atom. The van der Waals surface area contributed by atoms with Gasteiger partial charge < -0.3 is 0 Å². The average Bonchev–Trinajstić information content (AvgIpc) is 2.79. The topological polar surface area (TPSA) is 0 Å². The zero-order valence-electron chi connectivity index (χ0n) is 15.9. The van der Waals surface area contributed by atoms with Crippen molar-refractivity contribution < 1.29 is 0 Å². The van der Waals surface area contributed by atoms with Crippen LogP contribution in [0.3, 0.4) is 0 Å². The van der Waals surface area contributed by atoms with Crippen molar-refractivity contribution in [2.45, 2.75) is 67.2 Å². The molecule has 4 aliphatic rings. The van der Waals surface area contributed by atoms with Crippen LogP contribution >= 0.6 is 0 Å². The molecule has 4 rings (SSSR count). The average molecular weight is 311 g/mol. The molecule has 0 aromatic rings. The van der Waals surface area contributed by atoms with Gasteiger partial charge in [-0.15, -0.1) is 0 Å². The second-order valence-corrected chi connectivity index (χ2v) is 10.2. The molecule has 0 unspecified atom stereocenters. The second-order valence-electron chi connectivity index (χ2n) is 10.2. The number of fused-ring (bicyclic) bond motifs is 5. The largest absolute Gasteiger partial charge is 0.0847 e. The molecule has 4 aliphatic carbocycles. The van der Waals surface area contributed by atoms with E-state index in [-0.39, 0.29) is 0 Å². The highest BCUT2D eigenvalue weighted by Gasteiger charge is 2.57. The van der Waals surface area contributed by atoms with Crippen LogP contribution in [0.25, 0.3) is 0 Å². The summed E-state index contributed by atoms with van der Waals surface area (Å²) >= 11 is 0. The van der Waals surface area contributed by atoms with Crippen LogP contribution in [-0.4, -0.2) is 0 Å². The predicted octanol–water partition coefficient (Wildman–Crippen LogP) is 6.55. The first-order chi connectivity index (χ1) is 10.7. The van der Waals surface area contributed by atoms with Crippen molar-refractivity contribution in [1.82, 2.24) is 0 Å². The van der Waals surface area contributed by atoms with E-state index in [1.165, 1.54) is 25.7 Å². The maximum Gasteiger partial charge on any atom is -0.00440 e. The van der Waals surface area contributed by atoms with Gasteiger partial charge in [0.05, 0.1) is 0 Å². The van der Waals surface area contributed by atoms with Gasteiger partial charge in [0, 0.05) is 0 Å². The van der Waals surface area contributed by atoms with Crippen molar-refractivity contribution >= 4 is 0 Å². The van der Waals surface area contributed by atoms with Gasteiger partial charge in [-0.3, -0.25) is 0 Å². The minimum absolute atomic E-state index is 0.381.